The number of nitrogens with zero attached hydrogens (tertiary/aromatic N) is 3. The highest BCUT2D eigenvalue weighted by atomic mass is 16.5. The number of rotatable bonds is 7. The van der Waals surface area contributed by atoms with Crippen molar-refractivity contribution in [1.29, 1.82) is 0 Å². The lowest BCUT2D eigenvalue weighted by Gasteiger charge is -2.34. The van der Waals surface area contributed by atoms with Crippen LogP contribution in [0, 0.1) is 0 Å². The van der Waals surface area contributed by atoms with Gasteiger partial charge in [0.15, 0.2) is 0 Å². The Labute approximate surface area is 173 Å². The van der Waals surface area contributed by atoms with Crippen molar-refractivity contribution in [3.05, 3.63) is 59.7 Å². The molecular weight excluding hydrogens is 362 g/mol. The number of ether oxygens (including phenoxy) is 1. The molecule has 0 aliphatic carbocycles. The number of hydrogen-bond donors (Lipinski definition) is 0. The van der Waals surface area contributed by atoms with Crippen molar-refractivity contribution in [2.24, 2.45) is 0 Å². The molecule has 2 aromatic rings. The normalized spacial score (nSPS) is 17.3. The molecule has 2 heterocycles. The Morgan fingerprint density at radius 3 is 2.38 bits per heavy atom. The van der Waals surface area contributed by atoms with E-state index in [9.17, 15) is 4.79 Å². The van der Waals surface area contributed by atoms with Crippen molar-refractivity contribution in [2.45, 2.75) is 19.8 Å². The predicted molar refractivity (Wildman–Crippen MR) is 117 cm³/mol. The standard InChI is InChI=1S/C24H31N3O2/c1-20(28)27-12-10-22-19-21(7-8-24(22)27)9-11-25-13-15-26(16-14-25)17-18-29-23-5-3-2-4-6-23/h2-8,19H,9-18H2,1H3. The highest BCUT2D eigenvalue weighted by Crippen LogP contribution is 2.29. The summed E-state index contributed by atoms with van der Waals surface area (Å²) in [6, 6.07) is 16.7. The molecule has 2 aliphatic rings. The molecule has 29 heavy (non-hydrogen) atoms. The van der Waals surface area contributed by atoms with Crippen LogP contribution < -0.4 is 9.64 Å². The van der Waals surface area contributed by atoms with E-state index in [4.69, 9.17) is 4.74 Å². The van der Waals surface area contributed by atoms with Gasteiger partial charge >= 0.3 is 0 Å². The number of carbonyl (C=O) groups is 1. The highest BCUT2D eigenvalue weighted by Gasteiger charge is 2.22. The monoisotopic (exact) mass is 393 g/mol. The first-order valence-corrected chi connectivity index (χ1v) is 10.7. The van der Waals surface area contributed by atoms with Crippen LogP contribution in [-0.4, -0.2) is 68.1 Å². The van der Waals surface area contributed by atoms with Crippen LogP contribution in [-0.2, 0) is 17.6 Å². The van der Waals surface area contributed by atoms with Crippen LogP contribution in [0.15, 0.2) is 48.5 Å². The van der Waals surface area contributed by atoms with Crippen molar-refractivity contribution in [1.82, 2.24) is 9.80 Å². The fourth-order valence-corrected chi connectivity index (χ4v) is 4.27. The summed E-state index contributed by atoms with van der Waals surface area (Å²) in [5.74, 6) is 1.09. The van der Waals surface area contributed by atoms with Crippen LogP contribution in [0.25, 0.3) is 0 Å². The van der Waals surface area contributed by atoms with Crippen molar-refractivity contribution in [2.75, 3.05) is 57.3 Å². The average Bonchev–Trinajstić information content (AvgIpc) is 3.17. The summed E-state index contributed by atoms with van der Waals surface area (Å²) in [6.07, 6.45) is 2.05. The minimum absolute atomic E-state index is 0.142. The molecule has 2 aromatic carbocycles. The van der Waals surface area contributed by atoms with Gasteiger partial charge in [-0.25, -0.2) is 0 Å². The summed E-state index contributed by atoms with van der Waals surface area (Å²) >= 11 is 0. The second-order valence-corrected chi connectivity index (χ2v) is 7.98. The molecule has 0 radical (unpaired) electrons. The minimum Gasteiger partial charge on any atom is -0.492 e. The minimum atomic E-state index is 0.142. The number of hydrogen-bond acceptors (Lipinski definition) is 4. The third-order valence-electron chi connectivity index (χ3n) is 6.02. The molecule has 5 heteroatoms. The smallest absolute Gasteiger partial charge is 0.223 e. The molecule has 0 atom stereocenters. The van der Waals surface area contributed by atoms with Gasteiger partial charge in [-0.15, -0.1) is 0 Å². The number of anilines is 1. The van der Waals surface area contributed by atoms with Gasteiger partial charge in [0.25, 0.3) is 0 Å². The first kappa shape index (κ1) is 19.9. The number of carbonyl (C=O) groups excluding carboxylic acids is 1. The molecule has 4 rings (SSSR count). The second-order valence-electron chi connectivity index (χ2n) is 7.98. The summed E-state index contributed by atoms with van der Waals surface area (Å²) < 4.78 is 5.82. The SMILES string of the molecule is CC(=O)N1CCc2cc(CCN3CCN(CCOc4ccccc4)CC3)ccc21. The first-order chi connectivity index (χ1) is 14.2. The first-order valence-electron chi connectivity index (χ1n) is 10.7. The van der Waals surface area contributed by atoms with Crippen LogP contribution in [0.3, 0.4) is 0 Å². The molecule has 5 nitrogen and oxygen atoms in total. The number of para-hydroxylation sites is 1. The van der Waals surface area contributed by atoms with E-state index in [-0.39, 0.29) is 5.91 Å². The zero-order valence-corrected chi connectivity index (χ0v) is 17.3. The van der Waals surface area contributed by atoms with E-state index in [0.717, 1.165) is 76.7 Å². The zero-order valence-electron chi connectivity index (χ0n) is 17.3. The Morgan fingerprint density at radius 1 is 0.931 bits per heavy atom. The molecule has 1 amide bonds. The summed E-state index contributed by atoms with van der Waals surface area (Å²) in [5.41, 5.74) is 3.81. The average molecular weight is 394 g/mol. The van der Waals surface area contributed by atoms with Crippen LogP contribution in [0.2, 0.25) is 0 Å². The van der Waals surface area contributed by atoms with E-state index < -0.39 is 0 Å². The van der Waals surface area contributed by atoms with Gasteiger partial charge in [0.1, 0.15) is 12.4 Å². The van der Waals surface area contributed by atoms with Gasteiger partial charge in [-0.05, 0) is 42.2 Å². The summed E-state index contributed by atoms with van der Waals surface area (Å²) in [5, 5.41) is 0. The Bertz CT molecular complexity index is 816. The quantitative estimate of drug-likeness (QED) is 0.725. The van der Waals surface area contributed by atoms with E-state index in [0.29, 0.717) is 0 Å². The summed E-state index contributed by atoms with van der Waals surface area (Å²) in [4.78, 5) is 18.6. The number of benzene rings is 2. The second kappa shape index (κ2) is 9.42. The van der Waals surface area contributed by atoms with Gasteiger partial charge in [0.05, 0.1) is 0 Å². The van der Waals surface area contributed by atoms with Gasteiger partial charge in [0.2, 0.25) is 5.91 Å². The van der Waals surface area contributed by atoms with Gasteiger partial charge in [-0.1, -0.05) is 30.3 Å². The van der Waals surface area contributed by atoms with E-state index in [1.807, 2.05) is 35.2 Å². The lowest BCUT2D eigenvalue weighted by Crippen LogP contribution is -2.47. The molecule has 2 aliphatic heterocycles. The molecule has 0 aromatic heterocycles. The molecule has 1 fully saturated rings. The van der Waals surface area contributed by atoms with E-state index in [1.165, 1.54) is 11.1 Å². The Balaban J connectivity index is 1.17. The zero-order chi connectivity index (χ0) is 20.1. The van der Waals surface area contributed by atoms with Crippen molar-refractivity contribution in [3.8, 4) is 5.75 Å². The van der Waals surface area contributed by atoms with Crippen molar-refractivity contribution < 1.29 is 9.53 Å². The lowest BCUT2D eigenvalue weighted by molar-refractivity contribution is -0.116. The predicted octanol–water partition coefficient (Wildman–Crippen LogP) is 2.83. The highest BCUT2D eigenvalue weighted by molar-refractivity contribution is 5.93. The topological polar surface area (TPSA) is 36.0 Å². The number of piperazine rings is 1. The molecule has 0 spiro atoms. The van der Waals surface area contributed by atoms with Crippen molar-refractivity contribution in [3.63, 3.8) is 0 Å². The largest absolute Gasteiger partial charge is 0.492 e. The third kappa shape index (κ3) is 5.17. The van der Waals surface area contributed by atoms with Crippen molar-refractivity contribution >= 4 is 11.6 Å². The molecular formula is C24H31N3O2. The van der Waals surface area contributed by atoms with Gasteiger partial charge < -0.3 is 14.5 Å². The van der Waals surface area contributed by atoms with Crippen LogP contribution in [0.5, 0.6) is 5.75 Å². The van der Waals surface area contributed by atoms with Crippen LogP contribution >= 0.6 is 0 Å². The molecule has 154 valence electrons. The maximum absolute atomic E-state index is 11.7. The van der Waals surface area contributed by atoms with E-state index >= 15 is 0 Å². The van der Waals surface area contributed by atoms with E-state index in [2.05, 4.69) is 28.0 Å². The van der Waals surface area contributed by atoms with Crippen LogP contribution in [0.4, 0.5) is 5.69 Å². The molecule has 0 bridgehead atoms. The summed E-state index contributed by atoms with van der Waals surface area (Å²) in [6.45, 7) is 9.76. The van der Waals surface area contributed by atoms with Crippen LogP contribution in [0.1, 0.15) is 18.1 Å². The lowest BCUT2D eigenvalue weighted by atomic mass is 10.1. The Morgan fingerprint density at radius 2 is 1.66 bits per heavy atom. The maximum Gasteiger partial charge on any atom is 0.223 e. The maximum atomic E-state index is 11.7. The fraction of sp³-hybridized carbons (Fsp3) is 0.458. The molecule has 0 N–H and O–H groups in total. The molecule has 0 unspecified atom stereocenters. The van der Waals surface area contributed by atoms with Gasteiger partial charge in [0, 0.05) is 58.4 Å². The number of amides is 1. The fourth-order valence-electron chi connectivity index (χ4n) is 4.27. The third-order valence-corrected chi connectivity index (χ3v) is 6.02. The Hall–Kier alpha value is -2.37. The molecule has 1 saturated heterocycles. The Kier molecular flexibility index (Phi) is 6.47. The summed E-state index contributed by atoms with van der Waals surface area (Å²) in [7, 11) is 0. The van der Waals surface area contributed by atoms with Gasteiger partial charge in [-0.2, -0.15) is 0 Å². The molecule has 0 saturated carbocycles. The number of fused-ring (bicyclic) bond motifs is 1. The van der Waals surface area contributed by atoms with E-state index in [1.54, 1.807) is 6.92 Å². The van der Waals surface area contributed by atoms with Gasteiger partial charge in [-0.3, -0.25) is 9.69 Å².